The first kappa shape index (κ1) is 21.3. The van der Waals surface area contributed by atoms with Crippen LogP contribution in [0.1, 0.15) is 26.2 Å². The Balaban J connectivity index is 0.00000261. The van der Waals surface area contributed by atoms with Crippen LogP contribution in [0.25, 0.3) is 0 Å². The molecule has 0 aromatic heterocycles. The first-order valence-corrected chi connectivity index (χ1v) is 8.55. The topological polar surface area (TPSA) is 131 Å². The quantitative estimate of drug-likeness (QED) is 0.340. The number of fused-ring (bicyclic) bond motifs is 2. The van der Waals surface area contributed by atoms with Crippen LogP contribution < -0.4 is 34.6 Å². The van der Waals surface area contributed by atoms with E-state index < -0.39 is 30.7 Å². The molecule has 1 unspecified atom stereocenters. The van der Waals surface area contributed by atoms with Gasteiger partial charge in [-0.15, -0.1) is 0 Å². The molecule has 0 radical (unpaired) electrons. The molecule has 0 aromatic rings. The molecule has 3 aliphatic heterocycles. The molecular weight excluding hydrogens is 351 g/mol. The predicted octanol–water partition coefficient (Wildman–Crippen LogP) is -5.11. The first-order chi connectivity index (χ1) is 12.4. The minimum atomic E-state index is -1.43. The normalized spacial score (nSPS) is 26.4. The number of carbonyl (C=O) groups is 4. The van der Waals surface area contributed by atoms with Crippen molar-refractivity contribution in [2.24, 2.45) is 0 Å². The first-order valence-electron chi connectivity index (χ1n) is 8.55. The summed E-state index contributed by atoms with van der Waals surface area (Å²) in [6.45, 7) is 1.66. The van der Waals surface area contributed by atoms with Gasteiger partial charge in [0.05, 0.1) is 18.6 Å². The van der Waals surface area contributed by atoms with Gasteiger partial charge in [0, 0.05) is 19.0 Å². The van der Waals surface area contributed by atoms with Crippen molar-refractivity contribution in [3.8, 4) is 0 Å². The van der Waals surface area contributed by atoms with Crippen LogP contribution >= 0.6 is 0 Å². The van der Waals surface area contributed by atoms with Gasteiger partial charge in [-0.25, -0.2) is 4.79 Å². The number of carbonyl (C=O) groups excluding carboxylic acids is 4. The van der Waals surface area contributed by atoms with Crippen molar-refractivity contribution < 1.29 is 48.0 Å². The Morgan fingerprint density at radius 1 is 1.41 bits per heavy atom. The summed E-state index contributed by atoms with van der Waals surface area (Å²) in [5.41, 5.74) is 0.695. The van der Waals surface area contributed by atoms with Crippen LogP contribution in [0.15, 0.2) is 11.6 Å². The zero-order valence-electron chi connectivity index (χ0n) is 15.4. The number of rotatable bonds is 7. The molecular formula is C16H21LiN4O6. The number of carboxylic acid groups (broad SMARTS) is 1. The maximum absolute atomic E-state index is 12.6. The van der Waals surface area contributed by atoms with Crippen LogP contribution in [-0.2, 0) is 19.2 Å². The van der Waals surface area contributed by atoms with Gasteiger partial charge in [0.25, 0.3) is 0 Å². The predicted molar refractivity (Wildman–Crippen MR) is 85.0 cm³/mol. The van der Waals surface area contributed by atoms with E-state index in [0.717, 1.165) is 11.5 Å². The SMILES string of the molecule is CC1=C[C@@H]2CN(C(=O)N2OCC(=O)[O-])[C@@H]1C(=O)NCCC1CCC(=O)N1.[Li+]. The second-order valence-electron chi connectivity index (χ2n) is 6.67. The molecule has 3 heterocycles. The molecule has 3 atom stereocenters. The summed E-state index contributed by atoms with van der Waals surface area (Å²) < 4.78 is 0. The molecule has 2 N–H and O–H groups in total. The molecule has 2 bridgehead atoms. The van der Waals surface area contributed by atoms with E-state index in [-0.39, 0.29) is 43.3 Å². The van der Waals surface area contributed by atoms with Gasteiger partial charge in [-0.1, -0.05) is 6.08 Å². The van der Waals surface area contributed by atoms with Crippen LogP contribution in [-0.4, -0.2) is 71.6 Å². The second kappa shape index (κ2) is 8.78. The fourth-order valence-corrected chi connectivity index (χ4v) is 3.58. The summed E-state index contributed by atoms with van der Waals surface area (Å²) in [6.07, 6.45) is 3.63. The van der Waals surface area contributed by atoms with Crippen molar-refractivity contribution in [3.05, 3.63) is 11.6 Å². The summed E-state index contributed by atoms with van der Waals surface area (Å²) in [7, 11) is 0. The van der Waals surface area contributed by atoms with E-state index in [1.165, 1.54) is 4.90 Å². The number of nitrogens with zero attached hydrogens (tertiary/aromatic N) is 2. The van der Waals surface area contributed by atoms with Gasteiger partial charge in [0.2, 0.25) is 11.8 Å². The molecule has 27 heavy (non-hydrogen) atoms. The van der Waals surface area contributed by atoms with Crippen LogP contribution in [0.2, 0.25) is 0 Å². The van der Waals surface area contributed by atoms with Gasteiger partial charge in [0.15, 0.2) is 0 Å². The van der Waals surface area contributed by atoms with E-state index in [9.17, 15) is 24.3 Å². The fourth-order valence-electron chi connectivity index (χ4n) is 3.58. The number of amides is 4. The van der Waals surface area contributed by atoms with E-state index in [2.05, 4.69) is 10.6 Å². The molecule has 0 aromatic carbocycles. The van der Waals surface area contributed by atoms with Gasteiger partial charge in [-0.2, -0.15) is 5.06 Å². The summed E-state index contributed by atoms with van der Waals surface area (Å²) in [6, 6.07) is -1.67. The molecule has 2 fully saturated rings. The minimum absolute atomic E-state index is 0. The van der Waals surface area contributed by atoms with E-state index in [0.29, 0.717) is 25.0 Å². The molecule has 0 spiro atoms. The number of hydroxylamine groups is 2. The van der Waals surface area contributed by atoms with E-state index in [1.54, 1.807) is 13.0 Å². The van der Waals surface area contributed by atoms with E-state index >= 15 is 0 Å². The Hall–Kier alpha value is -2.02. The number of urea groups is 1. The smallest absolute Gasteiger partial charge is 0.548 e. The fraction of sp³-hybridized carbons (Fsp3) is 0.625. The van der Waals surface area contributed by atoms with Crippen molar-refractivity contribution >= 4 is 23.8 Å². The second-order valence-corrected chi connectivity index (χ2v) is 6.67. The zero-order chi connectivity index (χ0) is 18.8. The van der Waals surface area contributed by atoms with E-state index in [1.807, 2.05) is 0 Å². The average molecular weight is 372 g/mol. The summed E-state index contributed by atoms with van der Waals surface area (Å²) in [5.74, 6) is -1.71. The molecule has 0 saturated carbocycles. The van der Waals surface area contributed by atoms with Crippen LogP contribution in [0.4, 0.5) is 4.79 Å². The van der Waals surface area contributed by atoms with Crippen molar-refractivity contribution in [2.75, 3.05) is 19.7 Å². The maximum Gasteiger partial charge on any atom is 1.00 e. The molecule has 10 nitrogen and oxygen atoms in total. The molecule has 0 aliphatic carbocycles. The van der Waals surface area contributed by atoms with Gasteiger partial charge < -0.3 is 25.4 Å². The summed E-state index contributed by atoms with van der Waals surface area (Å²) in [5, 5.41) is 17.2. The largest absolute Gasteiger partial charge is 1.00 e. The van der Waals surface area contributed by atoms with Crippen molar-refractivity contribution in [2.45, 2.75) is 44.3 Å². The minimum Gasteiger partial charge on any atom is -0.548 e. The number of nitrogens with one attached hydrogen (secondary N) is 2. The third-order valence-corrected chi connectivity index (χ3v) is 4.76. The Bertz CT molecular complexity index is 669. The zero-order valence-corrected chi connectivity index (χ0v) is 15.4. The Kier molecular flexibility index (Phi) is 6.92. The number of hydrogen-bond acceptors (Lipinski definition) is 6. The molecule has 3 rings (SSSR count). The summed E-state index contributed by atoms with van der Waals surface area (Å²) >= 11 is 0. The van der Waals surface area contributed by atoms with Crippen molar-refractivity contribution in [1.29, 1.82) is 0 Å². The summed E-state index contributed by atoms with van der Waals surface area (Å²) in [4.78, 5) is 53.1. The van der Waals surface area contributed by atoms with Crippen molar-refractivity contribution in [3.63, 3.8) is 0 Å². The van der Waals surface area contributed by atoms with Crippen LogP contribution in [0, 0.1) is 0 Å². The molecule has 2 saturated heterocycles. The van der Waals surface area contributed by atoms with Gasteiger partial charge in [-0.05, 0) is 25.3 Å². The third kappa shape index (κ3) is 4.64. The maximum atomic E-state index is 12.6. The van der Waals surface area contributed by atoms with Gasteiger partial charge >= 0.3 is 24.9 Å². The monoisotopic (exact) mass is 372 g/mol. The molecule has 142 valence electrons. The molecule has 11 heteroatoms. The van der Waals surface area contributed by atoms with E-state index in [4.69, 9.17) is 4.84 Å². The van der Waals surface area contributed by atoms with Gasteiger partial charge in [-0.3, -0.25) is 14.4 Å². The average Bonchev–Trinajstić information content (AvgIpc) is 3.08. The molecule has 4 amide bonds. The number of carboxylic acids is 1. The number of aliphatic carboxylic acids is 1. The Morgan fingerprint density at radius 2 is 2.15 bits per heavy atom. The third-order valence-electron chi connectivity index (χ3n) is 4.76. The van der Waals surface area contributed by atoms with Crippen molar-refractivity contribution in [1.82, 2.24) is 20.6 Å². The standard InChI is InChI=1S/C16H22N4O6.Li/c1-9-6-11-7-19(16(25)20(11)26-8-13(22)23)14(9)15(24)17-5-4-10-2-3-12(21)18-10;/h6,10-11,14H,2-5,7-8H2,1H3,(H,17,24)(H,18,21)(H,22,23);/q;+1/p-1/t10?,11-,14+;/m1./s1. The Labute approximate surface area is 168 Å². The van der Waals surface area contributed by atoms with Gasteiger partial charge in [0.1, 0.15) is 12.6 Å². The Morgan fingerprint density at radius 3 is 2.78 bits per heavy atom. The molecule has 3 aliphatic rings. The number of hydrogen-bond donors (Lipinski definition) is 2. The van der Waals surface area contributed by atoms with Crippen LogP contribution in [0.3, 0.4) is 0 Å². The van der Waals surface area contributed by atoms with Crippen LogP contribution in [0.5, 0.6) is 0 Å².